The fraction of sp³-hybridized carbons (Fsp3) is 0.571. The van der Waals surface area contributed by atoms with Gasteiger partial charge in [-0.25, -0.2) is 4.39 Å². The molecule has 4 heteroatoms. The first kappa shape index (κ1) is 13.3. The van der Waals surface area contributed by atoms with Crippen molar-refractivity contribution in [1.29, 1.82) is 0 Å². The van der Waals surface area contributed by atoms with Crippen LogP contribution in [0.4, 0.5) is 10.1 Å². The van der Waals surface area contributed by atoms with E-state index in [1.807, 2.05) is 13.1 Å². The maximum atomic E-state index is 13.8. The van der Waals surface area contributed by atoms with Crippen LogP contribution in [0.25, 0.3) is 0 Å². The topological polar surface area (TPSA) is 35.5 Å². The highest BCUT2D eigenvalue weighted by Gasteiger charge is 2.24. The summed E-state index contributed by atoms with van der Waals surface area (Å²) in [6.45, 7) is 2.65. The second-order valence-electron chi connectivity index (χ2n) is 4.88. The molecular formula is C14H21FN2O. The normalized spacial score (nSPS) is 19.5. The molecule has 0 aromatic heterocycles. The summed E-state index contributed by atoms with van der Waals surface area (Å²) >= 11 is 0. The lowest BCUT2D eigenvalue weighted by Crippen LogP contribution is -2.23. The van der Waals surface area contributed by atoms with Gasteiger partial charge in [0, 0.05) is 37.5 Å². The van der Waals surface area contributed by atoms with E-state index >= 15 is 0 Å². The van der Waals surface area contributed by atoms with Crippen molar-refractivity contribution >= 4 is 5.69 Å². The fourth-order valence-corrected chi connectivity index (χ4v) is 2.66. The molecule has 1 aliphatic rings. The third-order valence-corrected chi connectivity index (χ3v) is 3.61. The van der Waals surface area contributed by atoms with Gasteiger partial charge in [-0.1, -0.05) is 6.07 Å². The molecule has 18 heavy (non-hydrogen) atoms. The van der Waals surface area contributed by atoms with Crippen LogP contribution in [0.2, 0.25) is 0 Å². The van der Waals surface area contributed by atoms with Crippen molar-refractivity contribution < 1.29 is 9.50 Å². The second kappa shape index (κ2) is 6.16. The Kier molecular flexibility index (Phi) is 4.55. The molecule has 1 saturated heterocycles. The van der Waals surface area contributed by atoms with Gasteiger partial charge < -0.3 is 15.3 Å². The van der Waals surface area contributed by atoms with Crippen molar-refractivity contribution in [1.82, 2.24) is 5.32 Å². The van der Waals surface area contributed by atoms with Crippen LogP contribution in [0.15, 0.2) is 18.2 Å². The first-order valence-electron chi connectivity index (χ1n) is 6.54. The van der Waals surface area contributed by atoms with E-state index in [1.54, 1.807) is 6.07 Å². The zero-order chi connectivity index (χ0) is 13.0. The van der Waals surface area contributed by atoms with Crippen molar-refractivity contribution in [2.45, 2.75) is 19.4 Å². The predicted octanol–water partition coefficient (Wildman–Crippen LogP) is 1.75. The Bertz CT molecular complexity index is 397. The lowest BCUT2D eigenvalue weighted by Gasteiger charge is -2.22. The Hall–Kier alpha value is -1.13. The lowest BCUT2D eigenvalue weighted by atomic mass is 10.1. The van der Waals surface area contributed by atoms with E-state index in [9.17, 15) is 4.39 Å². The SMILES string of the molecule is CNCc1c(F)cccc1N1CCC(CCO)C1. The van der Waals surface area contributed by atoms with E-state index in [4.69, 9.17) is 5.11 Å². The molecule has 1 heterocycles. The number of nitrogens with one attached hydrogen (secondary N) is 1. The average molecular weight is 252 g/mol. The van der Waals surface area contributed by atoms with Crippen molar-refractivity contribution in [2.24, 2.45) is 5.92 Å². The number of halogens is 1. The maximum absolute atomic E-state index is 13.8. The van der Waals surface area contributed by atoms with Gasteiger partial charge in [0.15, 0.2) is 0 Å². The summed E-state index contributed by atoms with van der Waals surface area (Å²) in [5.74, 6) is 0.383. The monoisotopic (exact) mass is 252 g/mol. The van der Waals surface area contributed by atoms with Gasteiger partial charge in [0.25, 0.3) is 0 Å². The standard InChI is InChI=1S/C14H21FN2O/c1-16-9-12-13(15)3-2-4-14(12)17-7-5-11(10-17)6-8-18/h2-4,11,16,18H,5-10H2,1H3. The van der Waals surface area contributed by atoms with E-state index in [1.165, 1.54) is 6.07 Å². The molecule has 0 bridgehead atoms. The van der Waals surface area contributed by atoms with E-state index in [0.717, 1.165) is 37.2 Å². The molecule has 0 radical (unpaired) electrons. The Morgan fingerprint density at radius 3 is 3.06 bits per heavy atom. The largest absolute Gasteiger partial charge is 0.396 e. The van der Waals surface area contributed by atoms with Crippen molar-refractivity contribution in [3.05, 3.63) is 29.6 Å². The van der Waals surface area contributed by atoms with Gasteiger partial charge in [-0.2, -0.15) is 0 Å². The molecule has 2 N–H and O–H groups in total. The quantitative estimate of drug-likeness (QED) is 0.838. The average Bonchev–Trinajstić information content (AvgIpc) is 2.81. The molecule has 0 aliphatic carbocycles. The number of hydrogen-bond donors (Lipinski definition) is 2. The summed E-state index contributed by atoms with van der Waals surface area (Å²) in [4.78, 5) is 2.23. The van der Waals surface area contributed by atoms with Gasteiger partial charge in [0.2, 0.25) is 0 Å². The highest BCUT2D eigenvalue weighted by molar-refractivity contribution is 5.55. The first-order valence-corrected chi connectivity index (χ1v) is 6.54. The maximum Gasteiger partial charge on any atom is 0.129 e. The van der Waals surface area contributed by atoms with Crippen LogP contribution in [0, 0.1) is 11.7 Å². The molecule has 3 nitrogen and oxygen atoms in total. The molecular weight excluding hydrogens is 231 g/mol. The van der Waals surface area contributed by atoms with Crippen LogP contribution >= 0.6 is 0 Å². The number of benzene rings is 1. The minimum Gasteiger partial charge on any atom is -0.396 e. The van der Waals surface area contributed by atoms with Crippen LogP contribution in [-0.4, -0.2) is 31.9 Å². The smallest absolute Gasteiger partial charge is 0.129 e. The Labute approximate surface area is 108 Å². The van der Waals surface area contributed by atoms with Crippen LogP contribution in [0.1, 0.15) is 18.4 Å². The van der Waals surface area contributed by atoms with E-state index in [0.29, 0.717) is 12.5 Å². The lowest BCUT2D eigenvalue weighted by molar-refractivity contribution is 0.263. The third-order valence-electron chi connectivity index (χ3n) is 3.61. The van der Waals surface area contributed by atoms with Crippen LogP contribution in [0.5, 0.6) is 0 Å². The molecule has 0 amide bonds. The molecule has 1 aromatic rings. The van der Waals surface area contributed by atoms with E-state index in [2.05, 4.69) is 10.2 Å². The van der Waals surface area contributed by atoms with Gasteiger partial charge >= 0.3 is 0 Å². The van der Waals surface area contributed by atoms with Gasteiger partial charge in [-0.15, -0.1) is 0 Å². The van der Waals surface area contributed by atoms with Crippen LogP contribution in [-0.2, 0) is 6.54 Å². The van der Waals surface area contributed by atoms with E-state index in [-0.39, 0.29) is 12.4 Å². The number of rotatable bonds is 5. The van der Waals surface area contributed by atoms with E-state index < -0.39 is 0 Å². The third kappa shape index (κ3) is 2.82. The van der Waals surface area contributed by atoms with Crippen molar-refractivity contribution in [3.63, 3.8) is 0 Å². The highest BCUT2D eigenvalue weighted by Crippen LogP contribution is 2.29. The number of nitrogens with zero attached hydrogens (tertiary/aromatic N) is 1. The highest BCUT2D eigenvalue weighted by atomic mass is 19.1. The van der Waals surface area contributed by atoms with Crippen LogP contribution in [0.3, 0.4) is 0 Å². The molecule has 0 spiro atoms. The molecule has 1 fully saturated rings. The summed E-state index contributed by atoms with van der Waals surface area (Å²) in [7, 11) is 1.83. The zero-order valence-corrected chi connectivity index (χ0v) is 10.8. The zero-order valence-electron chi connectivity index (χ0n) is 10.8. The number of anilines is 1. The second-order valence-corrected chi connectivity index (χ2v) is 4.88. The molecule has 0 saturated carbocycles. The number of aliphatic hydroxyl groups is 1. The molecule has 2 rings (SSSR count). The summed E-state index contributed by atoms with van der Waals surface area (Å²) in [6, 6.07) is 5.26. The number of aliphatic hydroxyl groups excluding tert-OH is 1. The summed E-state index contributed by atoms with van der Waals surface area (Å²) < 4.78 is 13.8. The molecule has 1 aliphatic heterocycles. The van der Waals surface area contributed by atoms with Gasteiger partial charge in [-0.3, -0.25) is 0 Å². The molecule has 100 valence electrons. The van der Waals surface area contributed by atoms with Crippen LogP contribution < -0.4 is 10.2 Å². The van der Waals surface area contributed by atoms with Gasteiger partial charge in [0.1, 0.15) is 5.82 Å². The Morgan fingerprint density at radius 2 is 2.33 bits per heavy atom. The minimum atomic E-state index is -0.146. The number of hydrogen-bond acceptors (Lipinski definition) is 3. The first-order chi connectivity index (χ1) is 8.76. The van der Waals surface area contributed by atoms with Crippen molar-refractivity contribution in [3.8, 4) is 0 Å². The molecule has 1 aromatic carbocycles. The van der Waals surface area contributed by atoms with Gasteiger partial charge in [0.05, 0.1) is 0 Å². The molecule has 1 atom stereocenters. The summed E-state index contributed by atoms with van der Waals surface area (Å²) in [5.41, 5.74) is 1.73. The summed E-state index contributed by atoms with van der Waals surface area (Å²) in [6.07, 6.45) is 1.92. The Morgan fingerprint density at radius 1 is 1.50 bits per heavy atom. The van der Waals surface area contributed by atoms with Crippen molar-refractivity contribution in [2.75, 3.05) is 31.6 Å². The fourth-order valence-electron chi connectivity index (χ4n) is 2.66. The van der Waals surface area contributed by atoms with Gasteiger partial charge in [-0.05, 0) is 37.9 Å². The summed E-state index contributed by atoms with van der Waals surface area (Å²) in [5, 5.41) is 12.0. The predicted molar refractivity (Wildman–Crippen MR) is 71.2 cm³/mol. The Balaban J connectivity index is 2.16. The minimum absolute atomic E-state index is 0.146. The molecule has 1 unspecified atom stereocenters.